The lowest BCUT2D eigenvalue weighted by molar-refractivity contribution is 0.284. The lowest BCUT2D eigenvalue weighted by atomic mass is 10.0. The minimum absolute atomic E-state index is 0.110. The minimum Gasteiger partial charge on any atom is -0.396 e. The summed E-state index contributed by atoms with van der Waals surface area (Å²) < 4.78 is 30.4. The number of nitrogens with one attached hydrogen (secondary N) is 2. The number of hydrogen-bond acceptors (Lipinski definition) is 5. The number of aliphatic hydroxyl groups is 1. The second kappa shape index (κ2) is 9.96. The molecule has 0 saturated carbocycles. The molecule has 1 aromatic heterocycles. The van der Waals surface area contributed by atoms with E-state index in [1.165, 1.54) is 6.33 Å². The number of aromatic nitrogens is 2. The number of halogens is 1. The molecule has 1 aromatic carbocycles. The summed E-state index contributed by atoms with van der Waals surface area (Å²) in [6.07, 6.45) is 4.07. The Morgan fingerprint density at radius 3 is 2.54 bits per heavy atom. The van der Waals surface area contributed by atoms with Crippen LogP contribution in [0.5, 0.6) is 0 Å². The van der Waals surface area contributed by atoms with Gasteiger partial charge in [0.1, 0.15) is 6.33 Å². The highest BCUT2D eigenvalue weighted by Crippen LogP contribution is 2.31. The molecule has 0 aliphatic rings. The van der Waals surface area contributed by atoms with Crippen LogP contribution in [-0.2, 0) is 16.6 Å². The third kappa shape index (κ3) is 6.01. The van der Waals surface area contributed by atoms with Gasteiger partial charge in [-0.2, -0.15) is 13.1 Å². The van der Waals surface area contributed by atoms with Gasteiger partial charge in [0.15, 0.2) is 5.82 Å². The molecule has 0 fully saturated rings. The van der Waals surface area contributed by atoms with Gasteiger partial charge in [-0.05, 0) is 43.4 Å². The van der Waals surface area contributed by atoms with Gasteiger partial charge in [-0.1, -0.05) is 35.0 Å². The molecule has 0 bridgehead atoms. The number of anilines is 1. The molecule has 1 heterocycles. The van der Waals surface area contributed by atoms with Crippen molar-refractivity contribution in [1.82, 2.24) is 14.7 Å². The molecule has 0 saturated heterocycles. The van der Waals surface area contributed by atoms with E-state index < -0.39 is 10.2 Å². The number of aryl methyl sites for hydroxylation is 1. The molecule has 2 rings (SSSR count). The first-order valence-electron chi connectivity index (χ1n) is 8.45. The number of hydrogen-bond donors (Lipinski definition) is 3. The fourth-order valence-corrected chi connectivity index (χ4v) is 3.63. The van der Waals surface area contributed by atoms with Crippen molar-refractivity contribution in [3.8, 4) is 11.1 Å². The molecule has 0 amide bonds. The molecule has 0 unspecified atom stereocenters. The van der Waals surface area contributed by atoms with Crippen molar-refractivity contribution in [2.24, 2.45) is 0 Å². The molecule has 2 aromatic rings. The molecular formula is C17H23BrN4O3S. The Kier molecular flexibility index (Phi) is 7.95. The lowest BCUT2D eigenvalue weighted by Gasteiger charge is -2.15. The second-order valence-corrected chi connectivity index (χ2v) is 8.15. The number of aliphatic hydroxyl groups excluding tert-OH is 1. The molecule has 9 heteroatoms. The minimum atomic E-state index is -3.72. The summed E-state index contributed by atoms with van der Waals surface area (Å²) in [6, 6.07) is 7.53. The Hall–Kier alpha value is -1.55. The fraction of sp³-hybridized carbons (Fsp3) is 0.412. The van der Waals surface area contributed by atoms with Gasteiger partial charge in [0.2, 0.25) is 0 Å². The summed E-state index contributed by atoms with van der Waals surface area (Å²) in [4.78, 5) is 8.50. The highest BCUT2D eigenvalue weighted by atomic mass is 79.9. The first kappa shape index (κ1) is 20.8. The molecule has 26 heavy (non-hydrogen) atoms. The third-order valence-corrected chi connectivity index (χ3v) is 5.23. The van der Waals surface area contributed by atoms with Crippen LogP contribution in [0.25, 0.3) is 11.1 Å². The molecule has 3 N–H and O–H groups in total. The van der Waals surface area contributed by atoms with Crippen molar-refractivity contribution in [3.63, 3.8) is 0 Å². The maximum atomic E-state index is 12.2. The van der Waals surface area contributed by atoms with E-state index in [0.29, 0.717) is 31.4 Å². The zero-order valence-electron chi connectivity index (χ0n) is 14.6. The van der Waals surface area contributed by atoms with Crippen LogP contribution in [0.2, 0.25) is 0 Å². The average Bonchev–Trinajstić information content (AvgIpc) is 2.61. The predicted octanol–water partition coefficient (Wildman–Crippen LogP) is 2.88. The Bertz CT molecular complexity index is 813. The van der Waals surface area contributed by atoms with E-state index in [4.69, 9.17) is 5.11 Å². The lowest BCUT2D eigenvalue weighted by Crippen LogP contribution is -2.31. The Morgan fingerprint density at radius 1 is 1.15 bits per heavy atom. The monoisotopic (exact) mass is 442 g/mol. The van der Waals surface area contributed by atoms with E-state index in [-0.39, 0.29) is 12.4 Å². The van der Waals surface area contributed by atoms with Crippen molar-refractivity contribution in [3.05, 3.63) is 40.8 Å². The SMILES string of the molecule is CCCNS(=O)(=O)Nc1ncnc(CCCCO)c1-c1ccc(Br)cc1. The second-order valence-electron chi connectivity index (χ2n) is 5.73. The molecule has 0 aliphatic carbocycles. The Labute approximate surface area is 162 Å². The van der Waals surface area contributed by atoms with Crippen molar-refractivity contribution in [1.29, 1.82) is 0 Å². The summed E-state index contributed by atoms with van der Waals surface area (Å²) in [7, 11) is -3.72. The van der Waals surface area contributed by atoms with Gasteiger partial charge < -0.3 is 5.11 Å². The van der Waals surface area contributed by atoms with Gasteiger partial charge in [-0.25, -0.2) is 9.97 Å². The summed E-state index contributed by atoms with van der Waals surface area (Å²) in [5.41, 5.74) is 2.21. The highest BCUT2D eigenvalue weighted by molar-refractivity contribution is 9.10. The topological polar surface area (TPSA) is 104 Å². The number of nitrogens with zero attached hydrogens (tertiary/aromatic N) is 2. The maximum Gasteiger partial charge on any atom is 0.300 e. The van der Waals surface area contributed by atoms with Gasteiger partial charge in [0.25, 0.3) is 10.2 Å². The molecule has 142 valence electrons. The number of rotatable bonds is 10. The first-order chi connectivity index (χ1) is 12.5. The van der Waals surface area contributed by atoms with Gasteiger partial charge in [-0.15, -0.1) is 0 Å². The summed E-state index contributed by atoms with van der Waals surface area (Å²) in [5.74, 6) is 0.241. The van der Waals surface area contributed by atoms with Crippen molar-refractivity contribution >= 4 is 32.0 Å². The van der Waals surface area contributed by atoms with Crippen LogP contribution in [0.15, 0.2) is 35.1 Å². The molecular weight excluding hydrogens is 420 g/mol. The van der Waals surface area contributed by atoms with Gasteiger partial charge in [0, 0.05) is 23.2 Å². The van der Waals surface area contributed by atoms with Crippen LogP contribution >= 0.6 is 15.9 Å². The Morgan fingerprint density at radius 2 is 1.88 bits per heavy atom. The van der Waals surface area contributed by atoms with E-state index in [1.807, 2.05) is 31.2 Å². The van der Waals surface area contributed by atoms with Crippen molar-refractivity contribution < 1.29 is 13.5 Å². The first-order valence-corrected chi connectivity index (χ1v) is 10.7. The summed E-state index contributed by atoms with van der Waals surface area (Å²) in [5, 5.41) is 9.01. The van der Waals surface area contributed by atoms with Crippen molar-refractivity contribution in [2.75, 3.05) is 17.9 Å². The third-order valence-electron chi connectivity index (χ3n) is 3.65. The van der Waals surface area contributed by atoms with Crippen LogP contribution in [0.1, 0.15) is 31.9 Å². The molecule has 0 atom stereocenters. The largest absolute Gasteiger partial charge is 0.396 e. The maximum absolute atomic E-state index is 12.2. The smallest absolute Gasteiger partial charge is 0.300 e. The highest BCUT2D eigenvalue weighted by Gasteiger charge is 2.18. The molecule has 0 aliphatic heterocycles. The van der Waals surface area contributed by atoms with Crippen LogP contribution in [0.4, 0.5) is 5.82 Å². The van der Waals surface area contributed by atoms with E-state index in [2.05, 4.69) is 35.3 Å². The van der Waals surface area contributed by atoms with E-state index in [1.54, 1.807) is 0 Å². The summed E-state index contributed by atoms with van der Waals surface area (Å²) >= 11 is 3.40. The van der Waals surface area contributed by atoms with Gasteiger partial charge in [0.05, 0.1) is 5.69 Å². The van der Waals surface area contributed by atoms with Crippen LogP contribution in [0, 0.1) is 0 Å². The van der Waals surface area contributed by atoms with Crippen LogP contribution in [-0.4, -0.2) is 36.6 Å². The van der Waals surface area contributed by atoms with Crippen LogP contribution < -0.4 is 9.44 Å². The number of unbranched alkanes of at least 4 members (excludes halogenated alkanes) is 1. The number of benzene rings is 1. The predicted molar refractivity (Wildman–Crippen MR) is 106 cm³/mol. The quantitative estimate of drug-likeness (QED) is 0.490. The Balaban J connectivity index is 2.43. The average molecular weight is 443 g/mol. The fourth-order valence-electron chi connectivity index (χ4n) is 2.41. The van der Waals surface area contributed by atoms with Gasteiger partial charge in [-0.3, -0.25) is 4.72 Å². The molecule has 7 nitrogen and oxygen atoms in total. The van der Waals surface area contributed by atoms with Gasteiger partial charge >= 0.3 is 0 Å². The van der Waals surface area contributed by atoms with E-state index in [0.717, 1.165) is 22.2 Å². The molecule has 0 radical (unpaired) electrons. The zero-order valence-corrected chi connectivity index (χ0v) is 17.0. The van der Waals surface area contributed by atoms with E-state index in [9.17, 15) is 8.42 Å². The van der Waals surface area contributed by atoms with Crippen molar-refractivity contribution in [2.45, 2.75) is 32.6 Å². The van der Waals surface area contributed by atoms with Crippen LogP contribution in [0.3, 0.4) is 0 Å². The zero-order chi connectivity index (χ0) is 19.0. The normalized spacial score (nSPS) is 11.5. The molecule has 0 spiro atoms. The standard InChI is InChI=1S/C17H23BrN4O3S/c1-2-10-21-26(24,25)22-17-16(13-6-8-14(18)9-7-13)15(19-12-20-17)5-3-4-11-23/h6-9,12,21,23H,2-5,10-11H2,1H3,(H,19,20,22). The summed E-state index contributed by atoms with van der Waals surface area (Å²) in [6.45, 7) is 2.34. The van der Waals surface area contributed by atoms with E-state index >= 15 is 0 Å².